The first-order valence-corrected chi connectivity index (χ1v) is 13.9. The molecule has 1 saturated heterocycles. The van der Waals surface area contributed by atoms with Crippen LogP contribution in [0.5, 0.6) is 0 Å². The van der Waals surface area contributed by atoms with Crippen LogP contribution < -0.4 is 4.90 Å². The number of hydrogen-bond acceptors (Lipinski definition) is 6. The van der Waals surface area contributed by atoms with Crippen LogP contribution in [0.15, 0.2) is 24.7 Å². The van der Waals surface area contributed by atoms with Crippen molar-refractivity contribution < 1.29 is 0 Å². The molecule has 0 radical (unpaired) electrons. The van der Waals surface area contributed by atoms with Gasteiger partial charge in [-0.15, -0.1) is 0 Å². The van der Waals surface area contributed by atoms with Crippen LogP contribution in [0.4, 0.5) is 5.82 Å². The standard InChI is InChI=1S/C29H40N8/c1-19(2)26-27(23-17-37-29(30-18-31-37)21(4)20(23)3)32-24-8-9-25(33-28(24)26)36-14-12-35(13-15-36)11-10-34(5)16-22-6-7-22/h8-9,17-19,22,32H,6-7,10-16H2,1-5H3. The molecule has 2 aliphatic rings. The number of hydrogen-bond donors (Lipinski definition) is 1. The van der Waals surface area contributed by atoms with Crippen molar-refractivity contribution in [1.82, 2.24) is 34.4 Å². The van der Waals surface area contributed by atoms with Crippen LogP contribution >= 0.6 is 0 Å². The molecule has 4 aromatic heterocycles. The first-order valence-electron chi connectivity index (χ1n) is 13.9. The van der Waals surface area contributed by atoms with Gasteiger partial charge in [-0.2, -0.15) is 5.10 Å². The average molecular weight is 501 g/mol. The van der Waals surface area contributed by atoms with E-state index in [1.807, 2.05) is 4.52 Å². The fraction of sp³-hybridized carbons (Fsp3) is 0.552. The first kappa shape index (κ1) is 24.4. The molecule has 2 fully saturated rings. The average Bonchev–Trinajstić information content (AvgIpc) is 3.43. The third-order valence-corrected chi connectivity index (χ3v) is 8.40. The summed E-state index contributed by atoms with van der Waals surface area (Å²) in [5, 5.41) is 4.42. The third-order valence-electron chi connectivity index (χ3n) is 8.40. The highest BCUT2D eigenvalue weighted by atomic mass is 15.3. The van der Waals surface area contributed by atoms with Crippen LogP contribution in [0.1, 0.15) is 49.3 Å². The molecule has 1 aliphatic carbocycles. The van der Waals surface area contributed by atoms with Gasteiger partial charge < -0.3 is 14.8 Å². The summed E-state index contributed by atoms with van der Waals surface area (Å²) >= 11 is 0. The maximum Gasteiger partial charge on any atom is 0.158 e. The van der Waals surface area contributed by atoms with Crippen LogP contribution in [-0.2, 0) is 0 Å². The summed E-state index contributed by atoms with van der Waals surface area (Å²) in [6, 6.07) is 4.40. The molecule has 0 bridgehead atoms. The molecule has 1 aliphatic heterocycles. The van der Waals surface area contributed by atoms with Crippen LogP contribution in [-0.4, -0.2) is 87.2 Å². The van der Waals surface area contributed by atoms with E-state index < -0.39 is 0 Å². The number of aromatic amines is 1. The van der Waals surface area contributed by atoms with Gasteiger partial charge in [0.1, 0.15) is 12.1 Å². The van der Waals surface area contributed by atoms with E-state index in [0.717, 1.165) is 72.4 Å². The number of fused-ring (bicyclic) bond motifs is 2. The lowest BCUT2D eigenvalue weighted by Gasteiger charge is -2.36. The molecule has 0 amide bonds. The van der Waals surface area contributed by atoms with Crippen molar-refractivity contribution in [3.05, 3.63) is 41.3 Å². The second-order valence-electron chi connectivity index (χ2n) is 11.5. The topological polar surface area (TPSA) is 68.6 Å². The Morgan fingerprint density at radius 2 is 1.86 bits per heavy atom. The van der Waals surface area contributed by atoms with E-state index in [4.69, 9.17) is 4.98 Å². The Balaban J connectivity index is 1.24. The summed E-state index contributed by atoms with van der Waals surface area (Å²) < 4.78 is 1.88. The number of likely N-dealkylation sites (N-methyl/N-ethyl adjacent to an activating group) is 1. The predicted octanol–water partition coefficient (Wildman–Crippen LogP) is 4.48. The maximum absolute atomic E-state index is 5.24. The first-order chi connectivity index (χ1) is 17.9. The normalized spacial score (nSPS) is 17.2. The summed E-state index contributed by atoms with van der Waals surface area (Å²) in [6.07, 6.45) is 6.58. The predicted molar refractivity (Wildman–Crippen MR) is 151 cm³/mol. The molecule has 1 N–H and O–H groups in total. The van der Waals surface area contributed by atoms with Crippen molar-refractivity contribution in [3.8, 4) is 11.3 Å². The van der Waals surface area contributed by atoms with Crippen molar-refractivity contribution in [1.29, 1.82) is 0 Å². The van der Waals surface area contributed by atoms with E-state index in [9.17, 15) is 0 Å². The number of anilines is 1. The minimum atomic E-state index is 0.335. The third kappa shape index (κ3) is 4.73. The molecule has 0 aromatic carbocycles. The van der Waals surface area contributed by atoms with Gasteiger partial charge >= 0.3 is 0 Å². The molecule has 37 heavy (non-hydrogen) atoms. The van der Waals surface area contributed by atoms with Gasteiger partial charge in [0.05, 0.1) is 16.7 Å². The molecule has 1 saturated carbocycles. The largest absolute Gasteiger partial charge is 0.354 e. The van der Waals surface area contributed by atoms with Crippen molar-refractivity contribution in [2.75, 3.05) is 57.8 Å². The van der Waals surface area contributed by atoms with Gasteiger partial charge in [-0.1, -0.05) is 13.8 Å². The second-order valence-corrected chi connectivity index (χ2v) is 11.5. The Hall–Kier alpha value is -2.97. The summed E-state index contributed by atoms with van der Waals surface area (Å²) in [4.78, 5) is 21.0. The lowest BCUT2D eigenvalue weighted by atomic mass is 9.95. The summed E-state index contributed by atoms with van der Waals surface area (Å²) in [5.74, 6) is 2.39. The highest BCUT2D eigenvalue weighted by molar-refractivity contribution is 5.90. The second kappa shape index (κ2) is 9.72. The SMILES string of the molecule is Cc1c(-c2[nH]c3ccc(N4CCN(CCN(C)CC5CC5)CC4)nc3c2C(C)C)cn2ncnc2c1C. The molecular weight excluding hydrogens is 460 g/mol. The minimum Gasteiger partial charge on any atom is -0.354 e. The van der Waals surface area contributed by atoms with Gasteiger partial charge in [0.15, 0.2) is 5.65 Å². The van der Waals surface area contributed by atoms with E-state index in [1.54, 1.807) is 6.33 Å². The number of piperazine rings is 1. The lowest BCUT2D eigenvalue weighted by molar-refractivity contribution is 0.212. The minimum absolute atomic E-state index is 0.335. The molecule has 196 valence electrons. The molecule has 4 aromatic rings. The number of aromatic nitrogens is 5. The van der Waals surface area contributed by atoms with E-state index in [0.29, 0.717) is 5.92 Å². The van der Waals surface area contributed by atoms with E-state index in [2.05, 4.69) is 82.8 Å². The fourth-order valence-corrected chi connectivity index (χ4v) is 5.83. The molecule has 0 spiro atoms. The fourth-order valence-electron chi connectivity index (χ4n) is 5.83. The van der Waals surface area contributed by atoms with E-state index in [-0.39, 0.29) is 0 Å². The van der Waals surface area contributed by atoms with Gasteiger partial charge in [0.25, 0.3) is 0 Å². The number of H-pyrrole nitrogens is 1. The smallest absolute Gasteiger partial charge is 0.158 e. The molecular formula is C29H40N8. The zero-order valence-electron chi connectivity index (χ0n) is 23.0. The summed E-state index contributed by atoms with van der Waals surface area (Å²) in [7, 11) is 2.28. The quantitative estimate of drug-likeness (QED) is 0.385. The molecule has 0 atom stereocenters. The number of aryl methyl sites for hydroxylation is 1. The van der Waals surface area contributed by atoms with E-state index in [1.165, 1.54) is 42.6 Å². The van der Waals surface area contributed by atoms with E-state index >= 15 is 0 Å². The number of nitrogens with one attached hydrogen (secondary N) is 1. The molecule has 0 unspecified atom stereocenters. The highest BCUT2D eigenvalue weighted by Crippen LogP contribution is 2.38. The Morgan fingerprint density at radius 3 is 2.59 bits per heavy atom. The summed E-state index contributed by atoms with van der Waals surface area (Å²) in [6.45, 7) is 16.7. The van der Waals surface area contributed by atoms with Crippen molar-refractivity contribution in [3.63, 3.8) is 0 Å². The molecule has 8 heteroatoms. The zero-order valence-corrected chi connectivity index (χ0v) is 23.0. The number of pyridine rings is 2. The summed E-state index contributed by atoms with van der Waals surface area (Å²) in [5.41, 5.74) is 9.07. The highest BCUT2D eigenvalue weighted by Gasteiger charge is 2.25. The van der Waals surface area contributed by atoms with Gasteiger partial charge in [0.2, 0.25) is 0 Å². The number of rotatable bonds is 8. The van der Waals surface area contributed by atoms with Crippen molar-refractivity contribution >= 4 is 22.5 Å². The molecule has 6 rings (SSSR count). The van der Waals surface area contributed by atoms with Gasteiger partial charge in [-0.25, -0.2) is 14.5 Å². The Bertz CT molecular complexity index is 1400. The number of nitrogens with zero attached hydrogens (tertiary/aromatic N) is 7. The van der Waals surface area contributed by atoms with Gasteiger partial charge in [-0.05, 0) is 68.8 Å². The lowest BCUT2D eigenvalue weighted by Crippen LogP contribution is -2.48. The Morgan fingerprint density at radius 1 is 1.08 bits per heavy atom. The van der Waals surface area contributed by atoms with Gasteiger partial charge in [0, 0.05) is 63.1 Å². The zero-order chi connectivity index (χ0) is 25.7. The van der Waals surface area contributed by atoms with Crippen molar-refractivity contribution in [2.45, 2.75) is 46.5 Å². The van der Waals surface area contributed by atoms with Crippen LogP contribution in [0.3, 0.4) is 0 Å². The Kier molecular flexibility index (Phi) is 6.41. The van der Waals surface area contributed by atoms with Crippen molar-refractivity contribution in [2.24, 2.45) is 5.92 Å². The van der Waals surface area contributed by atoms with Crippen LogP contribution in [0.25, 0.3) is 27.9 Å². The van der Waals surface area contributed by atoms with Crippen LogP contribution in [0, 0.1) is 19.8 Å². The molecule has 8 nitrogen and oxygen atoms in total. The maximum atomic E-state index is 5.24. The van der Waals surface area contributed by atoms with Gasteiger partial charge in [-0.3, -0.25) is 4.90 Å². The monoisotopic (exact) mass is 500 g/mol. The Labute approximate surface area is 219 Å². The van der Waals surface area contributed by atoms with Crippen LogP contribution in [0.2, 0.25) is 0 Å². The molecule has 5 heterocycles.